The minimum Gasteiger partial charge on any atom is -0.194 e. The van der Waals surface area contributed by atoms with Crippen molar-refractivity contribution in [3.05, 3.63) is 0 Å². The predicted molar refractivity (Wildman–Crippen MR) is 44.0 cm³/mol. The molecule has 0 aromatic rings. The largest absolute Gasteiger partial charge is 0.437 e. The molecule has 1 atom stereocenters. The zero-order chi connectivity index (χ0) is 9.83. The van der Waals surface area contributed by atoms with E-state index in [2.05, 4.69) is 20.1 Å². The lowest BCUT2D eigenvalue weighted by atomic mass is 10.1. The van der Waals surface area contributed by atoms with Gasteiger partial charge in [-0.2, -0.15) is 18.4 Å². The average Bonchev–Trinajstić information content (AvgIpc) is 1.98. The number of nitriles is 1. The van der Waals surface area contributed by atoms with E-state index in [1.54, 1.807) is 0 Å². The molecule has 0 amide bonds. The van der Waals surface area contributed by atoms with E-state index >= 15 is 0 Å². The monoisotopic (exact) mass is 264 g/mol. The summed E-state index contributed by atoms with van der Waals surface area (Å²) in [5.41, 5.74) is -2.72. The van der Waals surface area contributed by atoms with Crippen LogP contribution in [0, 0.1) is 11.3 Å². The maximum absolute atomic E-state index is 12.2. The molecule has 0 radical (unpaired) electrons. The van der Waals surface area contributed by atoms with Gasteiger partial charge in [0.15, 0.2) is 0 Å². The molecular weight excluding hydrogens is 259 g/mol. The van der Waals surface area contributed by atoms with Gasteiger partial charge >= 0.3 is 11.8 Å². The third-order valence-electron chi connectivity index (χ3n) is 1.07. The fourth-order valence-electron chi connectivity index (χ4n) is 0.421. The zero-order valence-corrected chi connectivity index (χ0v) is 8.50. The average molecular weight is 265 g/mol. The molecule has 0 aliphatic heterocycles. The molecule has 0 heterocycles. The van der Waals surface area contributed by atoms with E-state index in [1.165, 1.54) is 6.26 Å². The minimum atomic E-state index is -4.67. The molecule has 0 aromatic heterocycles. The second-order valence-corrected chi connectivity index (χ2v) is 2.95. The van der Waals surface area contributed by atoms with Gasteiger partial charge in [-0.3, -0.25) is 0 Å². The topological polar surface area (TPSA) is 33.0 Å². The van der Waals surface area contributed by atoms with Crippen LogP contribution < -0.4 is 0 Å². The Labute approximate surface area is 80.4 Å². The second-order valence-electron chi connectivity index (χ2n) is 1.84. The zero-order valence-electron chi connectivity index (χ0n) is 6.02. The van der Waals surface area contributed by atoms with Crippen molar-refractivity contribution < 1.29 is 17.4 Å². The lowest BCUT2D eigenvalue weighted by Crippen LogP contribution is -2.47. The van der Waals surface area contributed by atoms with Crippen molar-refractivity contribution >= 4 is 28.0 Å². The molecule has 0 saturated heterocycles. The van der Waals surface area contributed by atoms with Crippen molar-refractivity contribution in [2.75, 3.05) is 11.6 Å². The van der Waals surface area contributed by atoms with Gasteiger partial charge in [-0.15, -0.1) is 4.18 Å². The number of thiol groups is 1. The summed E-state index contributed by atoms with van der Waals surface area (Å²) in [6, 6.07) is 1.11. The van der Waals surface area contributed by atoms with Gasteiger partial charge in [0, 0.05) is 0 Å². The molecule has 0 aliphatic carbocycles. The second kappa shape index (κ2) is 4.35. The first-order valence-corrected chi connectivity index (χ1v) is 5.13. The van der Waals surface area contributed by atoms with Crippen LogP contribution in [0.2, 0.25) is 0 Å². The summed E-state index contributed by atoms with van der Waals surface area (Å²) in [7, 11) is 0. The Kier molecular flexibility index (Phi) is 4.37. The number of alkyl halides is 4. The van der Waals surface area contributed by atoms with Gasteiger partial charge in [0.2, 0.25) is 0 Å². The summed E-state index contributed by atoms with van der Waals surface area (Å²) in [6.07, 6.45) is -3.30. The van der Waals surface area contributed by atoms with Crippen LogP contribution >= 0.6 is 15.9 Å². The highest BCUT2D eigenvalue weighted by Gasteiger charge is 2.59. The highest BCUT2D eigenvalue weighted by molar-refractivity contribution is 9.09. The van der Waals surface area contributed by atoms with Crippen LogP contribution in [0.4, 0.5) is 13.2 Å². The van der Waals surface area contributed by atoms with E-state index in [0.717, 1.165) is 6.07 Å². The maximum atomic E-state index is 12.2. The Morgan fingerprint density at radius 2 is 2.08 bits per heavy atom. The molecule has 12 heavy (non-hydrogen) atoms. The normalized spacial score (nSPS) is 16.7. The number of hydrogen-bond donors (Lipinski definition) is 0. The van der Waals surface area contributed by atoms with Crippen molar-refractivity contribution in [2.45, 2.75) is 11.8 Å². The van der Waals surface area contributed by atoms with E-state index in [4.69, 9.17) is 5.26 Å². The molecule has 0 aliphatic rings. The summed E-state index contributed by atoms with van der Waals surface area (Å²) in [5, 5.41) is 7.73. The van der Waals surface area contributed by atoms with E-state index in [9.17, 15) is 13.2 Å². The Morgan fingerprint density at radius 1 is 1.58 bits per heavy atom. The Bertz CT molecular complexity index is 192. The first-order chi connectivity index (χ1) is 5.43. The Balaban J connectivity index is 4.73. The van der Waals surface area contributed by atoms with Crippen LogP contribution in [0.3, 0.4) is 0 Å². The van der Waals surface area contributed by atoms with Crippen LogP contribution in [-0.2, 0) is 16.2 Å². The van der Waals surface area contributed by atoms with Crippen LogP contribution in [0.25, 0.3) is 0 Å². The van der Waals surface area contributed by atoms with Crippen molar-refractivity contribution in [3.63, 3.8) is 0 Å². The number of hydrogen-bond acceptors (Lipinski definition) is 2. The van der Waals surface area contributed by atoms with Gasteiger partial charge in [0.1, 0.15) is 24.4 Å². The van der Waals surface area contributed by atoms with Gasteiger partial charge in [0.25, 0.3) is 0 Å². The third-order valence-corrected chi connectivity index (χ3v) is 2.36. The number of nitrogens with zero attached hydrogens (tertiary/aromatic N) is 1. The van der Waals surface area contributed by atoms with Crippen molar-refractivity contribution in [1.29, 1.82) is 5.26 Å². The lowest BCUT2D eigenvalue weighted by Gasteiger charge is -2.21. The smallest absolute Gasteiger partial charge is 0.194 e. The number of halogens is 4. The predicted octanol–water partition coefficient (Wildman–Crippen LogP) is 1.58. The summed E-state index contributed by atoms with van der Waals surface area (Å²) >= 11 is 2.67. The molecule has 2 nitrogen and oxygen atoms in total. The summed E-state index contributed by atoms with van der Waals surface area (Å²) in [5.74, 6) is 0. The van der Waals surface area contributed by atoms with Crippen molar-refractivity contribution in [1.82, 2.24) is 0 Å². The summed E-state index contributed by atoms with van der Waals surface area (Å²) in [4.78, 5) is 0. The molecule has 0 aromatic carbocycles. The van der Waals surface area contributed by atoms with E-state index in [0.29, 0.717) is 0 Å². The first kappa shape index (κ1) is 12.1. The molecular formula is C5H6BrF3NOS+. The molecule has 0 N–H and O–H groups in total. The van der Waals surface area contributed by atoms with Crippen LogP contribution in [0.15, 0.2) is 0 Å². The Morgan fingerprint density at radius 3 is 2.17 bits per heavy atom. The van der Waals surface area contributed by atoms with Gasteiger partial charge in [-0.25, -0.2) is 0 Å². The highest BCUT2D eigenvalue weighted by Crippen LogP contribution is 2.34. The molecule has 0 bridgehead atoms. The van der Waals surface area contributed by atoms with Gasteiger partial charge in [-0.1, -0.05) is 15.9 Å². The quantitative estimate of drug-likeness (QED) is 0.441. The van der Waals surface area contributed by atoms with Crippen molar-refractivity contribution in [3.8, 4) is 6.07 Å². The van der Waals surface area contributed by atoms with Gasteiger partial charge in [0.05, 0.1) is 5.33 Å². The standard InChI is InChI=1S/C5H5BrF3NOS/c1-12-11-4(2-6,3-10)5(7,8)9/h2H2,1H3/p+1. The highest BCUT2D eigenvalue weighted by atomic mass is 79.9. The fraction of sp³-hybridized carbons (Fsp3) is 0.800. The molecule has 0 saturated carbocycles. The van der Waals surface area contributed by atoms with Crippen LogP contribution in [0.5, 0.6) is 0 Å². The van der Waals surface area contributed by atoms with E-state index < -0.39 is 17.1 Å². The van der Waals surface area contributed by atoms with Gasteiger partial charge < -0.3 is 0 Å². The lowest BCUT2D eigenvalue weighted by molar-refractivity contribution is -0.213. The molecule has 0 rings (SSSR count). The van der Waals surface area contributed by atoms with E-state index in [1.807, 2.05) is 0 Å². The fourth-order valence-corrected chi connectivity index (χ4v) is 1.68. The molecule has 0 fully saturated rings. The Hall–Kier alpha value is 0.0700. The SMILES string of the molecule is C[SH+]OC(C#N)(CBr)C(F)(F)F. The molecule has 7 heteroatoms. The van der Waals surface area contributed by atoms with Crippen LogP contribution in [0.1, 0.15) is 0 Å². The molecule has 70 valence electrons. The third kappa shape index (κ3) is 2.28. The first-order valence-electron chi connectivity index (χ1n) is 2.75. The maximum Gasteiger partial charge on any atom is 0.437 e. The summed E-state index contributed by atoms with van der Waals surface area (Å²) in [6.45, 7) is 0. The minimum absolute atomic E-state index is 0.0680. The molecule has 1 unspecified atom stereocenters. The van der Waals surface area contributed by atoms with E-state index in [-0.39, 0.29) is 12.0 Å². The van der Waals surface area contributed by atoms with Gasteiger partial charge in [-0.05, 0) is 0 Å². The van der Waals surface area contributed by atoms with Crippen molar-refractivity contribution in [2.24, 2.45) is 0 Å². The number of rotatable bonds is 3. The summed E-state index contributed by atoms with van der Waals surface area (Å²) < 4.78 is 40.9. The van der Waals surface area contributed by atoms with Crippen LogP contribution in [-0.4, -0.2) is 23.4 Å². The molecule has 0 spiro atoms.